The van der Waals surface area contributed by atoms with Gasteiger partial charge in [-0.3, -0.25) is 4.79 Å². The molecule has 1 heterocycles. The van der Waals surface area contributed by atoms with Gasteiger partial charge in [0.1, 0.15) is 0 Å². The van der Waals surface area contributed by atoms with E-state index in [1.807, 2.05) is 13.8 Å². The molecule has 0 aromatic carbocycles. The average molecular weight is 351 g/mol. The Balaban J connectivity index is 0. The van der Waals surface area contributed by atoms with E-state index in [9.17, 15) is 4.79 Å². The van der Waals surface area contributed by atoms with Gasteiger partial charge in [0.05, 0.1) is 0 Å². The molecule has 0 N–H and O–H groups in total. The van der Waals surface area contributed by atoms with Crippen LogP contribution in [-0.4, -0.2) is 16.7 Å². The van der Waals surface area contributed by atoms with Crippen LogP contribution in [0.15, 0.2) is 12.3 Å². The number of ketones is 1. The number of hydrogen-bond donors (Lipinski definition) is 0. The van der Waals surface area contributed by atoms with Crippen LogP contribution in [0.1, 0.15) is 26.7 Å². The van der Waals surface area contributed by atoms with Crippen molar-refractivity contribution in [2.75, 3.05) is 0 Å². The molecule has 0 bridgehead atoms. The third kappa shape index (κ3) is 11.8. The van der Waals surface area contributed by atoms with Crippen molar-refractivity contribution in [1.82, 2.24) is 0 Å². The monoisotopic (exact) mass is 351 g/mol. The predicted octanol–water partition coefficient (Wildman–Crippen LogP) is 2.43. The van der Waals surface area contributed by atoms with Gasteiger partial charge in [-0.05, 0) is 12.5 Å². The van der Waals surface area contributed by atoms with E-state index in [-0.39, 0.29) is 11.8 Å². The molecule has 0 aromatic heterocycles. The van der Waals surface area contributed by atoms with Crippen molar-refractivity contribution in [1.29, 1.82) is 0 Å². The van der Waals surface area contributed by atoms with E-state index in [1.54, 1.807) is 6.20 Å². The Hall–Kier alpha value is -0.232. The van der Waals surface area contributed by atoms with Crippen LogP contribution < -0.4 is 0 Å². The molecule has 1 rings (SSSR count). The van der Waals surface area contributed by atoms with E-state index in [1.165, 1.54) is 25.4 Å². The van der Waals surface area contributed by atoms with E-state index in [0.29, 0.717) is 6.42 Å². The molecule has 0 saturated carbocycles. The molecular weight excluding hydrogens is 334 g/mol. The van der Waals surface area contributed by atoms with Gasteiger partial charge in [0, 0.05) is 0 Å². The van der Waals surface area contributed by atoms with Crippen molar-refractivity contribution < 1.29 is 24.1 Å². The molecule has 2 nitrogen and oxygen atoms in total. The van der Waals surface area contributed by atoms with Gasteiger partial charge >= 0.3 is 24.3 Å². The maximum atomic E-state index is 10.5. The van der Waals surface area contributed by atoms with Gasteiger partial charge in [-0.1, -0.05) is 13.8 Å². The van der Waals surface area contributed by atoms with Crippen molar-refractivity contribution in [3.8, 4) is 0 Å². The fraction of sp³-hybridized carbons (Fsp3) is 0.500. The Morgan fingerprint density at radius 2 is 2.23 bits per heavy atom. The van der Waals surface area contributed by atoms with E-state index in [2.05, 4.69) is 17.1 Å². The Labute approximate surface area is 92.2 Å². The molecule has 1 aliphatic rings. The quantitative estimate of drug-likeness (QED) is 0.617. The first-order valence-corrected chi connectivity index (χ1v) is 6.25. The van der Waals surface area contributed by atoms with Crippen molar-refractivity contribution in [3.05, 3.63) is 24.5 Å². The van der Waals surface area contributed by atoms with Gasteiger partial charge in [0.25, 0.3) is 0 Å². The molecule has 0 amide bonds. The third-order valence-corrected chi connectivity index (χ3v) is 1.10. The number of carbonyl (C=O) groups excluding carboxylic acids is 1. The number of hydrogen-bond acceptors (Lipinski definition) is 1. The molecule has 0 radical (unpaired) electrons. The molecule has 76 valence electrons. The standard InChI is InChI=1S/C6H9NO.C3H7.CH2.W/c1-5-4-6(8)2-3-7-5;1-3-2;;/h2-3,5H,4H2,1H3,(H,7,8);1,3H2,2H3;1H2;/q;-1;;/p-1. The van der Waals surface area contributed by atoms with Crippen molar-refractivity contribution in [3.63, 3.8) is 0 Å². The van der Waals surface area contributed by atoms with Gasteiger partial charge in [-0.25, -0.2) is 0 Å². The molecule has 1 unspecified atom stereocenters. The van der Waals surface area contributed by atoms with E-state index < -0.39 is 0 Å². The van der Waals surface area contributed by atoms with Crippen molar-refractivity contribution >= 4 is 10.7 Å². The van der Waals surface area contributed by atoms with Crippen molar-refractivity contribution in [2.24, 2.45) is 0 Å². The SMILES string of the molecule is CC1CC(=O)C=C[N-]1.[CH2-]CC.[CH2]=[W]. The van der Waals surface area contributed by atoms with Crippen LogP contribution in [0.5, 0.6) is 0 Å². The van der Waals surface area contributed by atoms with Gasteiger partial charge in [-0.15, -0.1) is 6.04 Å². The first kappa shape index (κ1) is 15.2. The van der Waals surface area contributed by atoms with Crippen LogP contribution in [0.3, 0.4) is 0 Å². The van der Waals surface area contributed by atoms with Crippen molar-refractivity contribution in [2.45, 2.75) is 32.7 Å². The summed E-state index contributed by atoms with van der Waals surface area (Å²) in [5.41, 5.74) is 0. The van der Waals surface area contributed by atoms with Crippen LogP contribution in [0.2, 0.25) is 0 Å². The van der Waals surface area contributed by atoms with Crippen LogP contribution in [-0.2, 0) is 24.1 Å². The molecule has 13 heavy (non-hydrogen) atoms. The summed E-state index contributed by atoms with van der Waals surface area (Å²) in [5, 5.41) is 3.98. The normalized spacial score (nSPS) is 18.7. The number of nitrogens with zero attached hydrogens (tertiary/aromatic N) is 1. The Bertz CT molecular complexity index is 157. The number of carbonyl (C=O) groups is 1. The van der Waals surface area contributed by atoms with E-state index in [0.717, 1.165) is 6.42 Å². The third-order valence-electron chi connectivity index (χ3n) is 1.10. The summed E-state index contributed by atoms with van der Waals surface area (Å²) < 4.78 is 0. The number of allylic oxidation sites excluding steroid dienone is 1. The summed E-state index contributed by atoms with van der Waals surface area (Å²) in [6, 6.07) is 0.201. The first-order valence-electron chi connectivity index (χ1n) is 4.18. The average Bonchev–Trinajstić information content (AvgIpc) is 2.08. The van der Waals surface area contributed by atoms with Crippen LogP contribution in [0.4, 0.5) is 0 Å². The minimum atomic E-state index is 0.188. The molecule has 0 aromatic rings. The first-order chi connectivity index (χ1) is 6.20. The molecular formula is C10H17NOW-2. The molecule has 1 aliphatic heterocycles. The van der Waals surface area contributed by atoms with Gasteiger partial charge in [0.2, 0.25) is 0 Å². The van der Waals surface area contributed by atoms with E-state index in [4.69, 9.17) is 0 Å². The maximum absolute atomic E-state index is 10.5. The second-order valence-corrected chi connectivity index (χ2v) is 2.48. The van der Waals surface area contributed by atoms with Gasteiger partial charge in [0.15, 0.2) is 5.78 Å². The van der Waals surface area contributed by atoms with Crippen LogP contribution >= 0.6 is 0 Å². The fourth-order valence-electron chi connectivity index (χ4n) is 0.685. The molecule has 0 spiro atoms. The summed E-state index contributed by atoms with van der Waals surface area (Å²) in [6.45, 7) is 7.43. The fourth-order valence-corrected chi connectivity index (χ4v) is 0.685. The summed E-state index contributed by atoms with van der Waals surface area (Å²) in [5.74, 6) is 0.188. The van der Waals surface area contributed by atoms with Crippen LogP contribution in [0, 0.1) is 6.92 Å². The molecule has 0 saturated heterocycles. The number of rotatable bonds is 0. The summed E-state index contributed by atoms with van der Waals surface area (Å²) >= 11 is 1.33. The minimum absolute atomic E-state index is 0.188. The summed E-state index contributed by atoms with van der Waals surface area (Å²) in [4.78, 5) is 13.9. The molecule has 0 aliphatic carbocycles. The Morgan fingerprint density at radius 1 is 1.77 bits per heavy atom. The second kappa shape index (κ2) is 11.8. The summed E-state index contributed by atoms with van der Waals surface area (Å²) in [6.07, 6.45) is 4.67. The zero-order chi connectivity index (χ0) is 10.7. The van der Waals surface area contributed by atoms with Gasteiger partial charge < -0.3 is 12.2 Å². The Kier molecular flexibility index (Phi) is 13.8. The Morgan fingerprint density at radius 3 is 2.46 bits per heavy atom. The van der Waals surface area contributed by atoms with Crippen LogP contribution in [0.25, 0.3) is 5.32 Å². The van der Waals surface area contributed by atoms with Gasteiger partial charge in [-0.2, -0.15) is 12.6 Å². The molecule has 0 fully saturated rings. The zero-order valence-corrected chi connectivity index (χ0v) is 11.3. The summed E-state index contributed by atoms with van der Waals surface area (Å²) in [7, 11) is 0. The zero-order valence-electron chi connectivity index (χ0n) is 8.32. The van der Waals surface area contributed by atoms with E-state index >= 15 is 0 Å². The second-order valence-electron chi connectivity index (χ2n) is 2.48. The molecule has 3 heteroatoms. The predicted molar refractivity (Wildman–Crippen MR) is 54.4 cm³/mol. The topological polar surface area (TPSA) is 31.2 Å². The molecule has 1 atom stereocenters.